The van der Waals surface area contributed by atoms with Crippen molar-refractivity contribution in [2.45, 2.75) is 32.4 Å². The molecule has 0 saturated carbocycles. The molecule has 1 unspecified atom stereocenters. The number of carbonyl (C=O) groups excluding carboxylic acids is 1. The van der Waals surface area contributed by atoms with E-state index >= 15 is 0 Å². The van der Waals surface area contributed by atoms with Crippen LogP contribution < -0.4 is 18.9 Å². The third kappa shape index (κ3) is 5.49. The topological polar surface area (TPSA) is 57.2 Å². The van der Waals surface area contributed by atoms with Crippen molar-refractivity contribution in [2.75, 3.05) is 27.4 Å². The number of alkyl halides is 2. The van der Waals surface area contributed by atoms with E-state index in [1.807, 2.05) is 23.1 Å². The number of halogens is 2. The van der Waals surface area contributed by atoms with Crippen molar-refractivity contribution in [1.29, 1.82) is 0 Å². The van der Waals surface area contributed by atoms with Gasteiger partial charge in [0.2, 0.25) is 5.91 Å². The van der Waals surface area contributed by atoms with Gasteiger partial charge in [-0.05, 0) is 61.2 Å². The molecule has 1 heterocycles. The molecule has 1 saturated heterocycles. The molecule has 1 amide bonds. The Morgan fingerprint density at radius 1 is 1.09 bits per heavy atom. The molecular weight excluding hydrogens is 420 g/mol. The summed E-state index contributed by atoms with van der Waals surface area (Å²) in [5.41, 5.74) is 1.62. The van der Waals surface area contributed by atoms with Crippen LogP contribution in [0.2, 0.25) is 0 Å². The summed E-state index contributed by atoms with van der Waals surface area (Å²) in [6, 6.07) is 10.2. The van der Waals surface area contributed by atoms with Gasteiger partial charge < -0.3 is 23.8 Å². The van der Waals surface area contributed by atoms with Crippen LogP contribution in [-0.2, 0) is 4.79 Å². The summed E-state index contributed by atoms with van der Waals surface area (Å²) in [4.78, 5) is 14.7. The zero-order chi connectivity index (χ0) is 23.1. The van der Waals surface area contributed by atoms with Crippen LogP contribution in [-0.4, -0.2) is 44.8 Å². The van der Waals surface area contributed by atoms with Crippen LogP contribution >= 0.6 is 0 Å². The Hall–Kier alpha value is -3.29. The molecule has 1 aliphatic heterocycles. The number of carbonyl (C=O) groups is 1. The van der Waals surface area contributed by atoms with E-state index in [-0.39, 0.29) is 23.4 Å². The SMILES string of the molecule is CCOc1cc(/C=C/C(=O)N2CCCC2c2ccc(OC)c(OC)c2)ccc1OC(F)F. The number of hydrogen-bond acceptors (Lipinski definition) is 5. The van der Waals surface area contributed by atoms with E-state index in [1.54, 1.807) is 39.4 Å². The van der Waals surface area contributed by atoms with E-state index in [9.17, 15) is 13.6 Å². The van der Waals surface area contributed by atoms with Crippen LogP contribution in [0.5, 0.6) is 23.0 Å². The highest BCUT2D eigenvalue weighted by atomic mass is 19.3. The Kier molecular flexibility index (Phi) is 7.92. The van der Waals surface area contributed by atoms with Gasteiger partial charge in [-0.3, -0.25) is 4.79 Å². The fourth-order valence-corrected chi connectivity index (χ4v) is 3.79. The summed E-state index contributed by atoms with van der Waals surface area (Å²) >= 11 is 0. The first-order chi connectivity index (χ1) is 15.5. The quantitative estimate of drug-likeness (QED) is 0.502. The molecule has 2 aromatic carbocycles. The van der Waals surface area contributed by atoms with Gasteiger partial charge in [0.1, 0.15) is 0 Å². The maximum atomic E-state index is 12.9. The molecule has 6 nitrogen and oxygen atoms in total. The normalized spacial score (nSPS) is 15.9. The molecule has 1 fully saturated rings. The number of methoxy groups -OCH3 is 2. The highest BCUT2D eigenvalue weighted by Crippen LogP contribution is 2.37. The van der Waals surface area contributed by atoms with Crippen LogP contribution in [0.4, 0.5) is 8.78 Å². The minimum atomic E-state index is -2.94. The Morgan fingerprint density at radius 2 is 1.84 bits per heavy atom. The highest BCUT2D eigenvalue weighted by Gasteiger charge is 2.29. The van der Waals surface area contributed by atoms with Crippen LogP contribution in [0.3, 0.4) is 0 Å². The number of benzene rings is 2. The fourth-order valence-electron chi connectivity index (χ4n) is 3.79. The fraction of sp³-hybridized carbons (Fsp3) is 0.375. The predicted molar refractivity (Wildman–Crippen MR) is 117 cm³/mol. The summed E-state index contributed by atoms with van der Waals surface area (Å²) in [6.45, 7) is -0.249. The lowest BCUT2D eigenvalue weighted by molar-refractivity contribution is -0.126. The molecule has 3 rings (SSSR count). The summed E-state index contributed by atoms with van der Waals surface area (Å²) in [7, 11) is 3.16. The van der Waals surface area contributed by atoms with Gasteiger partial charge in [0.25, 0.3) is 0 Å². The van der Waals surface area contributed by atoms with E-state index in [0.717, 1.165) is 18.4 Å². The lowest BCUT2D eigenvalue weighted by atomic mass is 10.0. The summed E-state index contributed by atoms with van der Waals surface area (Å²) < 4.78 is 45.7. The maximum Gasteiger partial charge on any atom is 0.387 e. The zero-order valence-electron chi connectivity index (χ0n) is 18.3. The average molecular weight is 447 g/mol. The van der Waals surface area contributed by atoms with E-state index < -0.39 is 6.61 Å². The average Bonchev–Trinajstić information content (AvgIpc) is 3.28. The van der Waals surface area contributed by atoms with E-state index in [4.69, 9.17) is 14.2 Å². The van der Waals surface area contributed by atoms with E-state index in [0.29, 0.717) is 30.2 Å². The van der Waals surface area contributed by atoms with Crippen molar-refractivity contribution in [2.24, 2.45) is 0 Å². The number of likely N-dealkylation sites (tertiary alicyclic amines) is 1. The Morgan fingerprint density at radius 3 is 2.53 bits per heavy atom. The monoisotopic (exact) mass is 447 g/mol. The number of hydrogen-bond donors (Lipinski definition) is 0. The van der Waals surface area contributed by atoms with Gasteiger partial charge in [-0.15, -0.1) is 0 Å². The third-order valence-corrected chi connectivity index (χ3v) is 5.23. The van der Waals surface area contributed by atoms with E-state index in [2.05, 4.69) is 4.74 Å². The summed E-state index contributed by atoms with van der Waals surface area (Å²) in [6.07, 6.45) is 4.87. The van der Waals surface area contributed by atoms with Crippen LogP contribution in [0.1, 0.15) is 36.9 Å². The molecule has 0 radical (unpaired) electrons. The van der Waals surface area contributed by atoms with Crippen molar-refractivity contribution >= 4 is 12.0 Å². The molecule has 1 atom stereocenters. The molecule has 0 spiro atoms. The molecular formula is C24H27F2NO5. The van der Waals surface area contributed by atoms with Crippen molar-refractivity contribution in [3.05, 3.63) is 53.6 Å². The Balaban J connectivity index is 1.76. The van der Waals surface area contributed by atoms with Crippen molar-refractivity contribution in [1.82, 2.24) is 4.90 Å². The van der Waals surface area contributed by atoms with Gasteiger partial charge >= 0.3 is 6.61 Å². The van der Waals surface area contributed by atoms with Gasteiger partial charge in [0, 0.05) is 12.6 Å². The first-order valence-corrected chi connectivity index (χ1v) is 10.4. The standard InChI is InChI=1S/C24H27F2NO5/c1-4-31-22-14-16(7-10-20(22)32-24(25)26)8-12-23(28)27-13-5-6-18(27)17-9-11-19(29-2)21(15-17)30-3/h7-12,14-15,18,24H,4-6,13H2,1-3H3/b12-8+. The first-order valence-electron chi connectivity index (χ1n) is 10.4. The van der Waals surface area contributed by atoms with Gasteiger partial charge in [0.15, 0.2) is 23.0 Å². The smallest absolute Gasteiger partial charge is 0.387 e. The van der Waals surface area contributed by atoms with Gasteiger partial charge in [-0.1, -0.05) is 12.1 Å². The molecule has 172 valence electrons. The highest BCUT2D eigenvalue weighted by molar-refractivity contribution is 5.92. The summed E-state index contributed by atoms with van der Waals surface area (Å²) in [5, 5.41) is 0. The summed E-state index contributed by atoms with van der Waals surface area (Å²) in [5.74, 6) is 1.28. The molecule has 2 aromatic rings. The largest absolute Gasteiger partial charge is 0.493 e. The molecule has 0 N–H and O–H groups in total. The lowest BCUT2D eigenvalue weighted by Gasteiger charge is -2.24. The first kappa shape index (κ1) is 23.4. The molecule has 1 aliphatic rings. The van der Waals surface area contributed by atoms with Gasteiger partial charge in [-0.25, -0.2) is 0 Å². The van der Waals surface area contributed by atoms with E-state index in [1.165, 1.54) is 12.1 Å². The van der Waals surface area contributed by atoms with Crippen LogP contribution in [0, 0.1) is 0 Å². The molecule has 0 aromatic heterocycles. The third-order valence-electron chi connectivity index (χ3n) is 5.23. The number of amides is 1. The van der Waals surface area contributed by atoms with Gasteiger partial charge in [0.05, 0.1) is 26.9 Å². The second kappa shape index (κ2) is 10.8. The van der Waals surface area contributed by atoms with Crippen LogP contribution in [0.25, 0.3) is 6.08 Å². The Bertz CT molecular complexity index is 963. The maximum absolute atomic E-state index is 12.9. The number of rotatable bonds is 9. The minimum absolute atomic E-state index is 0.0432. The Labute approximate surface area is 186 Å². The van der Waals surface area contributed by atoms with Crippen molar-refractivity contribution in [3.63, 3.8) is 0 Å². The molecule has 32 heavy (non-hydrogen) atoms. The number of nitrogens with zero attached hydrogens (tertiary/aromatic N) is 1. The number of ether oxygens (including phenoxy) is 4. The van der Waals surface area contributed by atoms with Crippen molar-refractivity contribution in [3.8, 4) is 23.0 Å². The molecule has 8 heteroatoms. The lowest BCUT2D eigenvalue weighted by Crippen LogP contribution is -2.28. The second-order valence-electron chi connectivity index (χ2n) is 7.16. The van der Waals surface area contributed by atoms with Crippen molar-refractivity contribution < 1.29 is 32.5 Å². The zero-order valence-corrected chi connectivity index (χ0v) is 18.3. The minimum Gasteiger partial charge on any atom is -0.493 e. The second-order valence-corrected chi connectivity index (χ2v) is 7.16. The van der Waals surface area contributed by atoms with Crippen LogP contribution in [0.15, 0.2) is 42.5 Å². The predicted octanol–water partition coefficient (Wildman–Crippen LogP) is 5.08. The van der Waals surface area contributed by atoms with Gasteiger partial charge in [-0.2, -0.15) is 8.78 Å². The molecule has 0 aliphatic carbocycles. The molecule has 0 bridgehead atoms.